The molecule has 2 heteroatoms. The van der Waals surface area contributed by atoms with Crippen LogP contribution in [0.15, 0.2) is 48.5 Å². The molecule has 0 aromatic heterocycles. The van der Waals surface area contributed by atoms with Gasteiger partial charge in [-0.1, -0.05) is 119 Å². The lowest BCUT2D eigenvalue weighted by Gasteiger charge is -2.47. The molecule has 2 heterocycles. The number of benzene rings is 2. The number of hydrogen-bond donors (Lipinski definition) is 0. The van der Waals surface area contributed by atoms with E-state index < -0.39 is 0 Å². The summed E-state index contributed by atoms with van der Waals surface area (Å²) in [6.45, 7) is 39.5. The molecule has 4 rings (SSSR count). The average Bonchev–Trinajstić information content (AvgIpc) is 2.88. The number of hydrogen-bond acceptors (Lipinski definition) is 2. The molecule has 0 radical (unpaired) electrons. The Balaban J connectivity index is 0.000000681. The van der Waals surface area contributed by atoms with Crippen molar-refractivity contribution >= 4 is 5.69 Å². The minimum atomic E-state index is 0. The zero-order valence-electron chi connectivity index (χ0n) is 29.5. The molecule has 2 unspecified atom stereocenters. The summed E-state index contributed by atoms with van der Waals surface area (Å²) in [6.07, 6.45) is 1.21. The van der Waals surface area contributed by atoms with E-state index in [1.165, 1.54) is 36.3 Å². The van der Waals surface area contributed by atoms with Gasteiger partial charge in [-0.15, -0.1) is 0 Å². The lowest BCUT2D eigenvalue weighted by atomic mass is 9.72. The molecule has 2 aromatic rings. The third-order valence-corrected chi connectivity index (χ3v) is 8.37. The number of fused-ring (bicyclic) bond motifs is 2. The first-order chi connectivity index (χ1) is 18.4. The van der Waals surface area contributed by atoms with Crippen molar-refractivity contribution in [2.24, 2.45) is 16.7 Å². The molecule has 0 bridgehead atoms. The molecule has 0 saturated carbocycles. The summed E-state index contributed by atoms with van der Waals surface area (Å²) >= 11 is 0. The molecule has 0 N–H and O–H groups in total. The fraction of sp³-hybridized carbons (Fsp3) is 0.692. The number of rotatable bonds is 0. The van der Waals surface area contributed by atoms with Crippen molar-refractivity contribution in [1.82, 2.24) is 4.90 Å². The molecule has 0 amide bonds. The Morgan fingerprint density at radius 2 is 1.07 bits per heavy atom. The number of nitrogens with zero attached hydrogens (tertiary/aromatic N) is 2. The van der Waals surface area contributed by atoms with Gasteiger partial charge in [0, 0.05) is 42.3 Å². The van der Waals surface area contributed by atoms with Gasteiger partial charge in [-0.2, -0.15) is 0 Å². The summed E-state index contributed by atoms with van der Waals surface area (Å²) in [6, 6.07) is 17.9. The summed E-state index contributed by atoms with van der Waals surface area (Å²) < 4.78 is 0. The van der Waals surface area contributed by atoms with E-state index in [2.05, 4.69) is 141 Å². The minimum Gasteiger partial charge on any atom is -0.366 e. The Bertz CT molecular complexity index is 924. The van der Waals surface area contributed by atoms with Gasteiger partial charge in [-0.05, 0) is 87.5 Å². The minimum absolute atomic E-state index is 0. The number of para-hydroxylation sites is 1. The second kappa shape index (κ2) is 15.6. The van der Waals surface area contributed by atoms with Crippen LogP contribution < -0.4 is 4.90 Å². The molecule has 0 saturated heterocycles. The van der Waals surface area contributed by atoms with Gasteiger partial charge in [0.1, 0.15) is 0 Å². The highest BCUT2D eigenvalue weighted by Crippen LogP contribution is 2.42. The monoisotopic (exact) mass is 567 g/mol. The van der Waals surface area contributed by atoms with Crippen molar-refractivity contribution in [3.63, 3.8) is 0 Å². The standard InChI is InChI=1S/2C17H27N.2C2H6.CH4/c1-16(2,3)14-11-13-9-7-8-10-15(13)18(12-14)17(4,5)6;1-16(2,3)15-12-18(17(4,5)6)11-13-9-7-8-10-14(13)15;2*1-2;/h7-10,14H,11-12H2,1-6H3;7-10,15H,11-12H2,1-6H3;2*1-2H3;1H4. The first kappa shape index (κ1) is 39.2. The van der Waals surface area contributed by atoms with Crippen LogP contribution in [0.4, 0.5) is 5.69 Å². The van der Waals surface area contributed by atoms with Crippen LogP contribution in [-0.4, -0.2) is 29.1 Å². The molecule has 2 nitrogen and oxygen atoms in total. The summed E-state index contributed by atoms with van der Waals surface area (Å²) in [5, 5.41) is 0. The van der Waals surface area contributed by atoms with Gasteiger partial charge in [-0.3, -0.25) is 4.90 Å². The molecule has 0 aliphatic carbocycles. The van der Waals surface area contributed by atoms with E-state index in [-0.39, 0.29) is 18.5 Å². The van der Waals surface area contributed by atoms with Crippen LogP contribution in [0.3, 0.4) is 0 Å². The predicted molar refractivity (Wildman–Crippen MR) is 188 cm³/mol. The molecule has 2 aliphatic rings. The van der Waals surface area contributed by atoms with Crippen molar-refractivity contribution in [3.05, 3.63) is 65.2 Å². The molecule has 41 heavy (non-hydrogen) atoms. The first-order valence-electron chi connectivity index (χ1n) is 16.1. The van der Waals surface area contributed by atoms with Crippen LogP contribution >= 0.6 is 0 Å². The lowest BCUT2D eigenvalue weighted by molar-refractivity contribution is 0.0823. The molecule has 236 valence electrons. The van der Waals surface area contributed by atoms with Gasteiger partial charge in [-0.25, -0.2) is 0 Å². The Morgan fingerprint density at radius 3 is 1.54 bits per heavy atom. The average molecular weight is 567 g/mol. The van der Waals surface area contributed by atoms with Gasteiger partial charge in [0.15, 0.2) is 0 Å². The highest BCUT2D eigenvalue weighted by Gasteiger charge is 2.37. The molecule has 2 aliphatic heterocycles. The molecular formula is C39H70N2. The van der Waals surface area contributed by atoms with E-state index in [9.17, 15) is 0 Å². The maximum absolute atomic E-state index is 2.62. The zero-order valence-corrected chi connectivity index (χ0v) is 29.5. The van der Waals surface area contributed by atoms with E-state index in [4.69, 9.17) is 0 Å². The highest BCUT2D eigenvalue weighted by atomic mass is 15.2. The second-order valence-electron chi connectivity index (χ2n) is 15.3. The van der Waals surface area contributed by atoms with E-state index >= 15 is 0 Å². The van der Waals surface area contributed by atoms with Crippen LogP contribution in [0.2, 0.25) is 0 Å². The third-order valence-electron chi connectivity index (χ3n) is 8.37. The van der Waals surface area contributed by atoms with Gasteiger partial charge in [0.2, 0.25) is 0 Å². The topological polar surface area (TPSA) is 6.48 Å². The largest absolute Gasteiger partial charge is 0.366 e. The van der Waals surface area contributed by atoms with Crippen LogP contribution in [0.1, 0.15) is 141 Å². The second-order valence-corrected chi connectivity index (χ2v) is 15.3. The Hall–Kier alpha value is -1.80. The summed E-state index contributed by atoms with van der Waals surface area (Å²) in [5.74, 6) is 1.35. The fourth-order valence-corrected chi connectivity index (χ4v) is 5.67. The smallest absolute Gasteiger partial charge is 0.0403 e. The lowest BCUT2D eigenvalue weighted by Crippen LogP contribution is -2.50. The van der Waals surface area contributed by atoms with Crippen LogP contribution in [0.5, 0.6) is 0 Å². The maximum atomic E-state index is 2.62. The molecule has 2 atom stereocenters. The normalized spacial score (nSPS) is 19.0. The van der Waals surface area contributed by atoms with E-state index in [1.54, 1.807) is 5.56 Å². The fourth-order valence-electron chi connectivity index (χ4n) is 5.67. The SMILES string of the molecule is C.CC.CC.CC(C)(C)C1CN(C(C)(C)C)Cc2ccccc21.CC(C)(C)C1Cc2ccccc2N(C(C)(C)C)C1. The van der Waals surface area contributed by atoms with Crippen LogP contribution in [0.25, 0.3) is 0 Å². The number of anilines is 1. The Morgan fingerprint density at radius 1 is 0.585 bits per heavy atom. The van der Waals surface area contributed by atoms with Gasteiger partial charge < -0.3 is 4.90 Å². The van der Waals surface area contributed by atoms with Crippen molar-refractivity contribution in [2.75, 3.05) is 18.0 Å². The van der Waals surface area contributed by atoms with Crippen LogP contribution in [0, 0.1) is 16.7 Å². The zero-order chi connectivity index (χ0) is 31.1. The Labute approximate surface area is 258 Å². The Kier molecular flexibility index (Phi) is 14.9. The summed E-state index contributed by atoms with van der Waals surface area (Å²) in [7, 11) is 0. The van der Waals surface area contributed by atoms with E-state index in [0.717, 1.165) is 12.5 Å². The predicted octanol–water partition coefficient (Wildman–Crippen LogP) is 11.6. The molecule has 0 spiro atoms. The highest BCUT2D eigenvalue weighted by molar-refractivity contribution is 5.57. The van der Waals surface area contributed by atoms with Gasteiger partial charge in [0.05, 0.1) is 0 Å². The quantitative estimate of drug-likeness (QED) is 0.313. The van der Waals surface area contributed by atoms with Crippen molar-refractivity contribution < 1.29 is 0 Å². The van der Waals surface area contributed by atoms with Gasteiger partial charge >= 0.3 is 0 Å². The summed E-state index contributed by atoms with van der Waals surface area (Å²) in [4.78, 5) is 5.20. The van der Waals surface area contributed by atoms with E-state index in [0.29, 0.717) is 16.7 Å². The van der Waals surface area contributed by atoms with Gasteiger partial charge in [0.25, 0.3) is 0 Å². The molecule has 0 fully saturated rings. The van der Waals surface area contributed by atoms with Crippen molar-refractivity contribution in [3.8, 4) is 0 Å². The van der Waals surface area contributed by atoms with Crippen molar-refractivity contribution in [2.45, 2.75) is 148 Å². The third kappa shape index (κ3) is 10.8. The first-order valence-corrected chi connectivity index (χ1v) is 16.1. The van der Waals surface area contributed by atoms with Crippen molar-refractivity contribution in [1.29, 1.82) is 0 Å². The van der Waals surface area contributed by atoms with Crippen LogP contribution in [-0.2, 0) is 13.0 Å². The van der Waals surface area contributed by atoms with E-state index in [1.807, 2.05) is 27.7 Å². The molecule has 2 aromatic carbocycles. The maximum Gasteiger partial charge on any atom is 0.0403 e. The molecular weight excluding hydrogens is 496 g/mol. The summed E-state index contributed by atoms with van der Waals surface area (Å²) in [5.41, 5.74) is 7.15.